The molecule has 0 aliphatic carbocycles. The molecule has 0 aliphatic rings. The molecule has 0 saturated heterocycles. The fourth-order valence-corrected chi connectivity index (χ4v) is 1.09. The number of ketones is 1. The SMILES string of the molecule is CCC(O)NCCCCCC(C)=O. The maximum absolute atomic E-state index is 10.6. The fourth-order valence-electron chi connectivity index (χ4n) is 1.09. The summed E-state index contributed by atoms with van der Waals surface area (Å²) in [4.78, 5) is 10.6. The molecule has 0 spiro atoms. The first kappa shape index (κ1) is 12.6. The Morgan fingerprint density at radius 2 is 2.08 bits per heavy atom. The number of carbonyl (C=O) groups excluding carboxylic acids is 1. The van der Waals surface area contributed by atoms with Gasteiger partial charge in [-0.3, -0.25) is 5.32 Å². The zero-order valence-corrected chi connectivity index (χ0v) is 8.68. The third-order valence-corrected chi connectivity index (χ3v) is 1.97. The zero-order valence-electron chi connectivity index (χ0n) is 8.68. The topological polar surface area (TPSA) is 49.3 Å². The van der Waals surface area contributed by atoms with E-state index in [1.54, 1.807) is 6.92 Å². The van der Waals surface area contributed by atoms with E-state index in [1.807, 2.05) is 6.92 Å². The van der Waals surface area contributed by atoms with Crippen LogP contribution in [0.2, 0.25) is 0 Å². The van der Waals surface area contributed by atoms with Crippen molar-refractivity contribution in [1.82, 2.24) is 5.32 Å². The number of hydrogen-bond donors (Lipinski definition) is 2. The van der Waals surface area contributed by atoms with Crippen LogP contribution < -0.4 is 5.32 Å². The quantitative estimate of drug-likeness (QED) is 0.446. The molecule has 0 amide bonds. The van der Waals surface area contributed by atoms with Gasteiger partial charge in [0.1, 0.15) is 12.0 Å². The molecule has 0 aromatic heterocycles. The first-order valence-corrected chi connectivity index (χ1v) is 5.07. The molecule has 0 bridgehead atoms. The summed E-state index contributed by atoms with van der Waals surface area (Å²) in [5.74, 6) is 0.265. The molecule has 0 radical (unpaired) electrons. The van der Waals surface area contributed by atoms with E-state index in [0.717, 1.165) is 32.2 Å². The molecule has 1 unspecified atom stereocenters. The molecule has 0 rings (SSSR count). The number of nitrogens with one attached hydrogen (secondary N) is 1. The van der Waals surface area contributed by atoms with Crippen molar-refractivity contribution in [2.24, 2.45) is 0 Å². The minimum absolute atomic E-state index is 0.265. The van der Waals surface area contributed by atoms with Gasteiger partial charge in [-0.05, 0) is 32.7 Å². The summed E-state index contributed by atoms with van der Waals surface area (Å²) in [5, 5.41) is 12.1. The highest BCUT2D eigenvalue weighted by Gasteiger charge is 1.98. The van der Waals surface area contributed by atoms with Crippen LogP contribution in [0.15, 0.2) is 0 Å². The van der Waals surface area contributed by atoms with Gasteiger partial charge in [0, 0.05) is 6.42 Å². The molecule has 3 heteroatoms. The smallest absolute Gasteiger partial charge is 0.129 e. The van der Waals surface area contributed by atoms with Crippen molar-refractivity contribution in [1.29, 1.82) is 0 Å². The van der Waals surface area contributed by atoms with E-state index in [4.69, 9.17) is 5.11 Å². The Balaban J connectivity index is 3.04. The summed E-state index contributed by atoms with van der Waals surface area (Å²) in [6, 6.07) is 0. The number of hydrogen-bond acceptors (Lipinski definition) is 3. The van der Waals surface area contributed by atoms with Crippen LogP contribution in [0, 0.1) is 0 Å². The van der Waals surface area contributed by atoms with Crippen molar-refractivity contribution in [2.45, 2.75) is 52.2 Å². The highest BCUT2D eigenvalue weighted by molar-refractivity contribution is 5.75. The van der Waals surface area contributed by atoms with E-state index < -0.39 is 0 Å². The second-order valence-electron chi connectivity index (χ2n) is 3.39. The molecular weight excluding hydrogens is 166 g/mol. The number of Topliss-reactive ketones (excluding diaryl/α,β-unsaturated/α-hetero) is 1. The van der Waals surface area contributed by atoms with Crippen molar-refractivity contribution >= 4 is 5.78 Å². The third-order valence-electron chi connectivity index (χ3n) is 1.97. The molecule has 2 N–H and O–H groups in total. The molecule has 0 fully saturated rings. The molecule has 0 aliphatic heterocycles. The van der Waals surface area contributed by atoms with Gasteiger partial charge in [0.2, 0.25) is 0 Å². The van der Waals surface area contributed by atoms with Crippen LogP contribution in [0.4, 0.5) is 0 Å². The van der Waals surface area contributed by atoms with Crippen LogP contribution in [0.3, 0.4) is 0 Å². The van der Waals surface area contributed by atoms with Gasteiger partial charge >= 0.3 is 0 Å². The molecule has 13 heavy (non-hydrogen) atoms. The third kappa shape index (κ3) is 9.50. The number of carbonyl (C=O) groups is 1. The van der Waals surface area contributed by atoms with Gasteiger partial charge in [-0.1, -0.05) is 13.3 Å². The normalized spacial score (nSPS) is 12.8. The largest absolute Gasteiger partial charge is 0.379 e. The van der Waals surface area contributed by atoms with Gasteiger partial charge in [-0.2, -0.15) is 0 Å². The number of aliphatic hydroxyl groups is 1. The van der Waals surface area contributed by atoms with Crippen LogP contribution in [0.25, 0.3) is 0 Å². The monoisotopic (exact) mass is 187 g/mol. The Labute approximate surface area is 80.5 Å². The minimum atomic E-state index is -0.368. The maximum atomic E-state index is 10.6. The molecule has 78 valence electrons. The van der Waals surface area contributed by atoms with Crippen molar-refractivity contribution in [3.8, 4) is 0 Å². The van der Waals surface area contributed by atoms with Crippen molar-refractivity contribution in [2.75, 3.05) is 6.54 Å². The van der Waals surface area contributed by atoms with Crippen molar-refractivity contribution < 1.29 is 9.90 Å². The average molecular weight is 187 g/mol. The van der Waals surface area contributed by atoms with E-state index in [9.17, 15) is 4.79 Å². The van der Waals surface area contributed by atoms with Crippen molar-refractivity contribution in [3.05, 3.63) is 0 Å². The van der Waals surface area contributed by atoms with Crippen LogP contribution in [-0.2, 0) is 4.79 Å². The summed E-state index contributed by atoms with van der Waals surface area (Å²) in [6.45, 7) is 4.40. The summed E-state index contributed by atoms with van der Waals surface area (Å²) in [6.07, 6.45) is 4.13. The number of aliphatic hydroxyl groups excluding tert-OH is 1. The van der Waals surface area contributed by atoms with E-state index in [0.29, 0.717) is 6.42 Å². The Kier molecular flexibility index (Phi) is 7.94. The first-order chi connectivity index (χ1) is 6.16. The fraction of sp³-hybridized carbons (Fsp3) is 0.900. The highest BCUT2D eigenvalue weighted by atomic mass is 16.3. The molecule has 0 saturated carbocycles. The van der Waals surface area contributed by atoms with E-state index in [1.165, 1.54) is 0 Å². The van der Waals surface area contributed by atoms with E-state index >= 15 is 0 Å². The maximum Gasteiger partial charge on any atom is 0.129 e. The van der Waals surface area contributed by atoms with E-state index in [-0.39, 0.29) is 12.0 Å². The van der Waals surface area contributed by atoms with Crippen LogP contribution in [-0.4, -0.2) is 23.7 Å². The molecule has 0 heterocycles. The lowest BCUT2D eigenvalue weighted by atomic mass is 10.1. The average Bonchev–Trinajstić information content (AvgIpc) is 2.10. The zero-order chi connectivity index (χ0) is 10.1. The predicted molar refractivity (Wildman–Crippen MR) is 53.4 cm³/mol. The van der Waals surface area contributed by atoms with Gasteiger partial charge in [-0.15, -0.1) is 0 Å². The first-order valence-electron chi connectivity index (χ1n) is 5.07. The molecule has 1 atom stereocenters. The van der Waals surface area contributed by atoms with Crippen LogP contribution in [0.1, 0.15) is 46.0 Å². The Morgan fingerprint density at radius 1 is 1.38 bits per heavy atom. The second-order valence-corrected chi connectivity index (χ2v) is 3.39. The van der Waals surface area contributed by atoms with E-state index in [2.05, 4.69) is 5.32 Å². The van der Waals surface area contributed by atoms with Crippen LogP contribution >= 0.6 is 0 Å². The number of rotatable bonds is 8. The van der Waals surface area contributed by atoms with Crippen molar-refractivity contribution in [3.63, 3.8) is 0 Å². The minimum Gasteiger partial charge on any atom is -0.379 e. The summed E-state index contributed by atoms with van der Waals surface area (Å²) < 4.78 is 0. The van der Waals surface area contributed by atoms with Gasteiger partial charge < -0.3 is 9.90 Å². The van der Waals surface area contributed by atoms with Crippen LogP contribution in [0.5, 0.6) is 0 Å². The lowest BCUT2D eigenvalue weighted by Crippen LogP contribution is -2.28. The number of unbranched alkanes of at least 4 members (excludes halogenated alkanes) is 2. The Morgan fingerprint density at radius 3 is 2.62 bits per heavy atom. The van der Waals surface area contributed by atoms with Gasteiger partial charge in [0.15, 0.2) is 0 Å². The summed E-state index contributed by atoms with van der Waals surface area (Å²) in [5.41, 5.74) is 0. The second kappa shape index (κ2) is 8.20. The van der Waals surface area contributed by atoms with Gasteiger partial charge in [-0.25, -0.2) is 0 Å². The molecule has 0 aromatic rings. The lowest BCUT2D eigenvalue weighted by Gasteiger charge is -2.09. The molecule has 0 aromatic carbocycles. The highest BCUT2D eigenvalue weighted by Crippen LogP contribution is 1.99. The lowest BCUT2D eigenvalue weighted by molar-refractivity contribution is -0.117. The summed E-state index contributed by atoms with van der Waals surface area (Å²) in [7, 11) is 0. The molecular formula is C10H21NO2. The Bertz CT molecular complexity index is 137. The standard InChI is InChI=1S/C10H21NO2/c1-3-10(13)11-8-6-4-5-7-9(2)12/h10-11,13H,3-8H2,1-2H3. The molecule has 3 nitrogen and oxygen atoms in total. The summed E-state index contributed by atoms with van der Waals surface area (Å²) >= 11 is 0. The van der Waals surface area contributed by atoms with Gasteiger partial charge in [0.25, 0.3) is 0 Å². The van der Waals surface area contributed by atoms with Gasteiger partial charge in [0.05, 0.1) is 0 Å². The predicted octanol–water partition coefficient (Wildman–Crippen LogP) is 1.45. The Hall–Kier alpha value is -0.410.